The third kappa shape index (κ3) is 2.52. The van der Waals surface area contributed by atoms with E-state index in [1.165, 1.54) is 16.3 Å². The molecule has 2 nitrogen and oxygen atoms in total. The molecule has 0 spiro atoms. The number of ether oxygens (including phenoxy) is 2. The number of aryl methyl sites for hydroxylation is 1. The standard InChI is InChI=1S/C14H16O2/c1-11-3-4-13-10-14(16-8-7-15-2)6-5-12(13)9-11/h3-6,9-10H,7-8H2,1-2H3. The highest BCUT2D eigenvalue weighted by Crippen LogP contribution is 2.21. The molecule has 2 heteroatoms. The van der Waals surface area contributed by atoms with Gasteiger partial charge in [-0.15, -0.1) is 0 Å². The fraction of sp³-hybridized carbons (Fsp3) is 0.286. The van der Waals surface area contributed by atoms with Crippen molar-refractivity contribution in [3.05, 3.63) is 42.0 Å². The maximum Gasteiger partial charge on any atom is 0.120 e. The predicted octanol–water partition coefficient (Wildman–Crippen LogP) is 3.17. The van der Waals surface area contributed by atoms with E-state index in [0.717, 1.165) is 5.75 Å². The van der Waals surface area contributed by atoms with Gasteiger partial charge in [0.25, 0.3) is 0 Å². The predicted molar refractivity (Wildman–Crippen MR) is 66.1 cm³/mol. The van der Waals surface area contributed by atoms with Crippen molar-refractivity contribution >= 4 is 10.8 Å². The number of rotatable bonds is 4. The summed E-state index contributed by atoms with van der Waals surface area (Å²) in [6.45, 7) is 3.31. The molecule has 0 fully saturated rings. The molecule has 0 atom stereocenters. The molecule has 0 saturated carbocycles. The van der Waals surface area contributed by atoms with Gasteiger partial charge in [-0.25, -0.2) is 0 Å². The smallest absolute Gasteiger partial charge is 0.120 e. The molecule has 0 N–H and O–H groups in total. The molecule has 0 unspecified atom stereocenters. The molecule has 2 aromatic carbocycles. The molecule has 0 aliphatic rings. The Morgan fingerprint density at radius 1 is 0.938 bits per heavy atom. The fourth-order valence-electron chi connectivity index (χ4n) is 1.68. The van der Waals surface area contributed by atoms with Gasteiger partial charge in [0.1, 0.15) is 12.4 Å². The van der Waals surface area contributed by atoms with Crippen LogP contribution in [0.1, 0.15) is 5.56 Å². The van der Waals surface area contributed by atoms with Gasteiger partial charge in [0, 0.05) is 7.11 Å². The van der Waals surface area contributed by atoms with Gasteiger partial charge >= 0.3 is 0 Å². The van der Waals surface area contributed by atoms with E-state index in [1.54, 1.807) is 7.11 Å². The van der Waals surface area contributed by atoms with Gasteiger partial charge in [-0.05, 0) is 29.8 Å². The van der Waals surface area contributed by atoms with Crippen molar-refractivity contribution in [1.29, 1.82) is 0 Å². The average molecular weight is 216 g/mol. The molecule has 0 amide bonds. The van der Waals surface area contributed by atoms with Crippen LogP contribution in [0.25, 0.3) is 10.8 Å². The maximum absolute atomic E-state index is 5.56. The highest BCUT2D eigenvalue weighted by atomic mass is 16.5. The minimum absolute atomic E-state index is 0.591. The summed E-state index contributed by atoms with van der Waals surface area (Å²) in [5.41, 5.74) is 1.28. The number of benzene rings is 2. The van der Waals surface area contributed by atoms with Gasteiger partial charge in [0.2, 0.25) is 0 Å². The van der Waals surface area contributed by atoms with Crippen LogP contribution in [-0.2, 0) is 4.74 Å². The maximum atomic E-state index is 5.56. The van der Waals surface area contributed by atoms with Crippen LogP contribution in [0.5, 0.6) is 5.75 Å². The van der Waals surface area contributed by atoms with Crippen molar-refractivity contribution in [2.24, 2.45) is 0 Å². The first-order valence-corrected chi connectivity index (χ1v) is 5.42. The van der Waals surface area contributed by atoms with Crippen LogP contribution >= 0.6 is 0 Å². The molecule has 0 saturated heterocycles. The topological polar surface area (TPSA) is 18.5 Å². The summed E-state index contributed by atoms with van der Waals surface area (Å²) in [7, 11) is 1.67. The zero-order valence-corrected chi connectivity index (χ0v) is 9.69. The van der Waals surface area contributed by atoms with E-state index in [2.05, 4.69) is 37.3 Å². The van der Waals surface area contributed by atoms with Crippen LogP contribution < -0.4 is 4.74 Å². The molecule has 0 aliphatic carbocycles. The van der Waals surface area contributed by atoms with E-state index in [4.69, 9.17) is 9.47 Å². The van der Waals surface area contributed by atoms with Gasteiger partial charge in [0.05, 0.1) is 6.61 Å². The van der Waals surface area contributed by atoms with Crippen LogP contribution in [0.2, 0.25) is 0 Å². The number of hydrogen-bond acceptors (Lipinski definition) is 2. The zero-order chi connectivity index (χ0) is 11.4. The summed E-state index contributed by atoms with van der Waals surface area (Å²) in [6.07, 6.45) is 0. The van der Waals surface area contributed by atoms with Crippen LogP contribution in [0.15, 0.2) is 36.4 Å². The van der Waals surface area contributed by atoms with E-state index in [1.807, 2.05) is 6.07 Å². The normalized spacial score (nSPS) is 10.6. The Kier molecular flexibility index (Phi) is 3.42. The summed E-state index contributed by atoms with van der Waals surface area (Å²) >= 11 is 0. The fourth-order valence-corrected chi connectivity index (χ4v) is 1.68. The number of hydrogen-bond donors (Lipinski definition) is 0. The summed E-state index contributed by atoms with van der Waals surface area (Å²) in [6, 6.07) is 12.6. The van der Waals surface area contributed by atoms with Gasteiger partial charge in [-0.2, -0.15) is 0 Å². The van der Waals surface area contributed by atoms with Crippen molar-refractivity contribution in [2.45, 2.75) is 6.92 Å². The Labute approximate surface area is 95.8 Å². The Bertz CT molecular complexity index is 477. The van der Waals surface area contributed by atoms with Gasteiger partial charge in [-0.1, -0.05) is 29.8 Å². The molecular weight excluding hydrogens is 200 g/mol. The van der Waals surface area contributed by atoms with E-state index in [-0.39, 0.29) is 0 Å². The lowest BCUT2D eigenvalue weighted by atomic mass is 10.1. The van der Waals surface area contributed by atoms with E-state index in [0.29, 0.717) is 13.2 Å². The number of fused-ring (bicyclic) bond motifs is 1. The van der Waals surface area contributed by atoms with Crippen molar-refractivity contribution in [2.75, 3.05) is 20.3 Å². The summed E-state index contributed by atoms with van der Waals surface area (Å²) in [5.74, 6) is 0.897. The zero-order valence-electron chi connectivity index (χ0n) is 9.69. The minimum Gasteiger partial charge on any atom is -0.491 e. The first-order chi connectivity index (χ1) is 7.79. The summed E-state index contributed by atoms with van der Waals surface area (Å²) in [4.78, 5) is 0. The lowest BCUT2D eigenvalue weighted by Gasteiger charge is -2.07. The van der Waals surface area contributed by atoms with E-state index >= 15 is 0 Å². The Hall–Kier alpha value is -1.54. The average Bonchev–Trinajstić information content (AvgIpc) is 2.29. The molecule has 2 aromatic rings. The molecule has 0 aromatic heterocycles. The second-order valence-corrected chi connectivity index (χ2v) is 3.85. The van der Waals surface area contributed by atoms with Crippen LogP contribution in [0.3, 0.4) is 0 Å². The molecule has 84 valence electrons. The molecule has 0 radical (unpaired) electrons. The quantitative estimate of drug-likeness (QED) is 0.731. The minimum atomic E-state index is 0.591. The first kappa shape index (κ1) is 11.0. The Morgan fingerprint density at radius 2 is 1.69 bits per heavy atom. The highest BCUT2D eigenvalue weighted by Gasteiger charge is 1.97. The van der Waals surface area contributed by atoms with Crippen molar-refractivity contribution in [3.8, 4) is 5.75 Å². The van der Waals surface area contributed by atoms with Crippen molar-refractivity contribution in [3.63, 3.8) is 0 Å². The van der Waals surface area contributed by atoms with E-state index < -0.39 is 0 Å². The Balaban J connectivity index is 2.20. The third-order valence-corrected chi connectivity index (χ3v) is 2.52. The molecule has 2 rings (SSSR count). The lowest BCUT2D eigenvalue weighted by Crippen LogP contribution is -2.03. The van der Waals surface area contributed by atoms with Crippen LogP contribution in [0, 0.1) is 6.92 Å². The summed E-state index contributed by atoms with van der Waals surface area (Å²) < 4.78 is 10.5. The molecule has 0 aliphatic heterocycles. The SMILES string of the molecule is COCCOc1ccc2cc(C)ccc2c1. The van der Waals surface area contributed by atoms with Crippen LogP contribution in [0.4, 0.5) is 0 Å². The van der Waals surface area contributed by atoms with Crippen LogP contribution in [-0.4, -0.2) is 20.3 Å². The van der Waals surface area contributed by atoms with Crippen molar-refractivity contribution < 1.29 is 9.47 Å². The molecular formula is C14H16O2. The number of methoxy groups -OCH3 is 1. The molecule has 0 heterocycles. The molecule has 0 bridgehead atoms. The first-order valence-electron chi connectivity index (χ1n) is 5.42. The van der Waals surface area contributed by atoms with Gasteiger partial charge in [0.15, 0.2) is 0 Å². The Morgan fingerprint density at radius 3 is 2.50 bits per heavy atom. The second kappa shape index (κ2) is 4.99. The monoisotopic (exact) mass is 216 g/mol. The highest BCUT2D eigenvalue weighted by molar-refractivity contribution is 5.84. The third-order valence-electron chi connectivity index (χ3n) is 2.52. The second-order valence-electron chi connectivity index (χ2n) is 3.85. The van der Waals surface area contributed by atoms with E-state index in [9.17, 15) is 0 Å². The van der Waals surface area contributed by atoms with Gasteiger partial charge in [-0.3, -0.25) is 0 Å². The lowest BCUT2D eigenvalue weighted by molar-refractivity contribution is 0.146. The largest absolute Gasteiger partial charge is 0.491 e. The molecule has 16 heavy (non-hydrogen) atoms. The van der Waals surface area contributed by atoms with Gasteiger partial charge < -0.3 is 9.47 Å². The van der Waals surface area contributed by atoms with Crippen molar-refractivity contribution in [1.82, 2.24) is 0 Å². The summed E-state index contributed by atoms with van der Waals surface area (Å²) in [5, 5.41) is 2.46.